The van der Waals surface area contributed by atoms with Crippen LogP contribution in [-0.4, -0.2) is 4.57 Å². The molecule has 0 aliphatic rings. The Morgan fingerprint density at radius 2 is 1.50 bits per heavy atom. The molecule has 0 radical (unpaired) electrons. The number of para-hydroxylation sites is 2. The van der Waals surface area contributed by atoms with Crippen LogP contribution in [0.15, 0.2) is 84.9 Å². The largest absolute Gasteiger partial charge is 0.308 e. The van der Waals surface area contributed by atoms with Crippen LogP contribution in [0.25, 0.3) is 47.7 Å². The Kier molecular flexibility index (Phi) is 3.38. The molecule has 0 N–H and O–H groups in total. The Hall–Kier alpha value is -3.10. The molecule has 1 nitrogen and oxygen atoms in total. The van der Waals surface area contributed by atoms with Crippen LogP contribution in [0.2, 0.25) is 0 Å². The molecule has 4 aromatic carbocycles. The second kappa shape index (κ2) is 5.95. The first-order chi connectivity index (χ1) is 13.8. The third-order valence-corrected chi connectivity index (χ3v) is 6.95. The fourth-order valence-corrected chi connectivity index (χ4v) is 5.62. The van der Waals surface area contributed by atoms with E-state index in [1.165, 1.54) is 53.2 Å². The summed E-state index contributed by atoms with van der Waals surface area (Å²) in [7, 11) is 0. The van der Waals surface area contributed by atoms with Crippen molar-refractivity contribution in [3.8, 4) is 5.69 Å². The molecule has 0 aliphatic heterocycles. The Morgan fingerprint density at radius 1 is 0.714 bits per heavy atom. The predicted octanol–water partition coefficient (Wildman–Crippen LogP) is 7.71. The summed E-state index contributed by atoms with van der Waals surface area (Å²) in [6.45, 7) is 2.22. The summed E-state index contributed by atoms with van der Waals surface area (Å²) >= 11 is 1.91. The van der Waals surface area contributed by atoms with Gasteiger partial charge in [0.2, 0.25) is 0 Å². The minimum absolute atomic E-state index is 1.07. The molecule has 28 heavy (non-hydrogen) atoms. The Morgan fingerprint density at radius 3 is 2.36 bits per heavy atom. The second-order valence-electron chi connectivity index (χ2n) is 7.31. The third kappa shape index (κ3) is 2.12. The van der Waals surface area contributed by atoms with Gasteiger partial charge in [-0.3, -0.25) is 0 Å². The highest BCUT2D eigenvalue weighted by Crippen LogP contribution is 2.43. The summed E-state index contributed by atoms with van der Waals surface area (Å²) in [5.41, 5.74) is 5.20. The van der Waals surface area contributed by atoms with Crippen molar-refractivity contribution in [3.63, 3.8) is 0 Å². The molecule has 6 rings (SSSR count). The highest BCUT2D eigenvalue weighted by Gasteiger charge is 2.17. The van der Waals surface area contributed by atoms with Gasteiger partial charge in [0, 0.05) is 31.9 Å². The van der Waals surface area contributed by atoms with Gasteiger partial charge in [-0.1, -0.05) is 61.5 Å². The molecule has 0 unspecified atom stereocenters. The fourth-order valence-electron chi connectivity index (χ4n) is 4.39. The van der Waals surface area contributed by atoms with E-state index >= 15 is 0 Å². The van der Waals surface area contributed by atoms with Gasteiger partial charge in [-0.05, 0) is 42.3 Å². The van der Waals surface area contributed by atoms with Crippen LogP contribution < -0.4 is 0 Å². The van der Waals surface area contributed by atoms with E-state index in [1.807, 2.05) is 11.3 Å². The van der Waals surface area contributed by atoms with Crippen LogP contribution in [0.5, 0.6) is 0 Å². The number of aromatic nitrogens is 1. The van der Waals surface area contributed by atoms with E-state index in [0.29, 0.717) is 0 Å². The van der Waals surface area contributed by atoms with Gasteiger partial charge in [-0.15, -0.1) is 11.3 Å². The van der Waals surface area contributed by atoms with Crippen molar-refractivity contribution >= 4 is 53.3 Å². The highest BCUT2D eigenvalue weighted by molar-refractivity contribution is 7.26. The molecule has 0 fully saturated rings. The van der Waals surface area contributed by atoms with Crippen molar-refractivity contribution < 1.29 is 0 Å². The van der Waals surface area contributed by atoms with E-state index in [9.17, 15) is 0 Å². The summed E-state index contributed by atoms with van der Waals surface area (Å²) in [6, 6.07) is 31.0. The normalized spacial score (nSPS) is 11.9. The van der Waals surface area contributed by atoms with Crippen LogP contribution in [0.1, 0.15) is 12.5 Å². The SMILES string of the molecule is CCc1ccc2sc3c(ccc4c5ccccc5n(-c5ccccc5)c43)c2c1. The van der Waals surface area contributed by atoms with Crippen molar-refractivity contribution in [2.75, 3.05) is 0 Å². The monoisotopic (exact) mass is 377 g/mol. The summed E-state index contributed by atoms with van der Waals surface area (Å²) in [5, 5.41) is 5.39. The summed E-state index contributed by atoms with van der Waals surface area (Å²) in [5.74, 6) is 0. The minimum atomic E-state index is 1.07. The highest BCUT2D eigenvalue weighted by atomic mass is 32.1. The molecule has 0 saturated carbocycles. The zero-order chi connectivity index (χ0) is 18.7. The smallest absolute Gasteiger partial charge is 0.0719 e. The molecule has 2 heteroatoms. The van der Waals surface area contributed by atoms with Gasteiger partial charge < -0.3 is 4.57 Å². The number of benzene rings is 4. The standard InChI is InChI=1S/C26H19NS/c1-2-17-12-15-24-22(16-17)21-14-13-20-19-10-6-7-11-23(19)27(25(20)26(21)28-24)18-8-4-3-5-9-18/h3-16H,2H2,1H3. The fraction of sp³-hybridized carbons (Fsp3) is 0.0769. The second-order valence-corrected chi connectivity index (χ2v) is 8.36. The molecule has 0 atom stereocenters. The van der Waals surface area contributed by atoms with Crippen molar-refractivity contribution in [1.29, 1.82) is 0 Å². The Labute approximate surface area is 167 Å². The predicted molar refractivity (Wildman–Crippen MR) is 123 cm³/mol. The van der Waals surface area contributed by atoms with Crippen LogP contribution in [0.3, 0.4) is 0 Å². The molecule has 2 aromatic heterocycles. The quantitative estimate of drug-likeness (QED) is 0.291. The number of nitrogens with zero attached hydrogens (tertiary/aromatic N) is 1. The Balaban J connectivity index is 1.86. The molecule has 0 amide bonds. The summed E-state index contributed by atoms with van der Waals surface area (Å²) in [4.78, 5) is 0. The first-order valence-electron chi connectivity index (χ1n) is 9.78. The molecular formula is C26H19NS. The zero-order valence-electron chi connectivity index (χ0n) is 15.6. The van der Waals surface area contributed by atoms with E-state index in [0.717, 1.165) is 6.42 Å². The number of hydrogen-bond acceptors (Lipinski definition) is 1. The number of thiophene rings is 1. The first-order valence-corrected chi connectivity index (χ1v) is 10.6. The van der Waals surface area contributed by atoms with Gasteiger partial charge >= 0.3 is 0 Å². The van der Waals surface area contributed by atoms with Gasteiger partial charge in [-0.2, -0.15) is 0 Å². The first kappa shape index (κ1) is 15.9. The van der Waals surface area contributed by atoms with Crippen LogP contribution in [0.4, 0.5) is 0 Å². The molecule has 0 aliphatic carbocycles. The maximum Gasteiger partial charge on any atom is 0.0719 e. The molecule has 134 valence electrons. The topological polar surface area (TPSA) is 4.93 Å². The Bertz CT molecular complexity index is 1490. The average Bonchev–Trinajstić information content (AvgIpc) is 3.29. The van der Waals surface area contributed by atoms with E-state index in [1.54, 1.807) is 0 Å². The lowest BCUT2D eigenvalue weighted by Crippen LogP contribution is -1.92. The molecule has 0 bridgehead atoms. The van der Waals surface area contributed by atoms with E-state index in [4.69, 9.17) is 0 Å². The molecule has 0 spiro atoms. The zero-order valence-corrected chi connectivity index (χ0v) is 16.5. The maximum atomic E-state index is 2.43. The third-order valence-electron chi connectivity index (χ3n) is 5.76. The lowest BCUT2D eigenvalue weighted by molar-refractivity contribution is 1.15. The van der Waals surface area contributed by atoms with Crippen molar-refractivity contribution in [3.05, 3.63) is 90.5 Å². The van der Waals surface area contributed by atoms with Crippen LogP contribution >= 0.6 is 11.3 Å². The summed E-state index contributed by atoms with van der Waals surface area (Å²) < 4.78 is 5.17. The van der Waals surface area contributed by atoms with Crippen LogP contribution in [-0.2, 0) is 6.42 Å². The van der Waals surface area contributed by atoms with E-state index < -0.39 is 0 Å². The number of hydrogen-bond donors (Lipinski definition) is 0. The summed E-state index contributed by atoms with van der Waals surface area (Å²) in [6.07, 6.45) is 1.07. The van der Waals surface area contributed by atoms with Crippen LogP contribution in [0, 0.1) is 0 Å². The molecule has 2 heterocycles. The average molecular weight is 378 g/mol. The van der Waals surface area contributed by atoms with Crippen molar-refractivity contribution in [1.82, 2.24) is 4.57 Å². The molecule has 0 saturated heterocycles. The number of aryl methyl sites for hydroxylation is 1. The maximum absolute atomic E-state index is 2.43. The van der Waals surface area contributed by atoms with Gasteiger partial charge in [0.25, 0.3) is 0 Å². The van der Waals surface area contributed by atoms with Crippen molar-refractivity contribution in [2.45, 2.75) is 13.3 Å². The molecular weight excluding hydrogens is 358 g/mol. The van der Waals surface area contributed by atoms with Gasteiger partial charge in [0.05, 0.1) is 15.7 Å². The minimum Gasteiger partial charge on any atom is -0.308 e. The number of rotatable bonds is 2. The number of fused-ring (bicyclic) bond motifs is 7. The lowest BCUT2D eigenvalue weighted by Gasteiger charge is -2.08. The van der Waals surface area contributed by atoms with Crippen molar-refractivity contribution in [2.24, 2.45) is 0 Å². The van der Waals surface area contributed by atoms with Gasteiger partial charge in [0.1, 0.15) is 0 Å². The molecule has 6 aromatic rings. The lowest BCUT2D eigenvalue weighted by atomic mass is 10.1. The van der Waals surface area contributed by atoms with E-state index in [-0.39, 0.29) is 0 Å². The van der Waals surface area contributed by atoms with E-state index in [2.05, 4.69) is 96.4 Å². The van der Waals surface area contributed by atoms with Gasteiger partial charge in [0.15, 0.2) is 0 Å². The van der Waals surface area contributed by atoms with Gasteiger partial charge in [-0.25, -0.2) is 0 Å².